The van der Waals surface area contributed by atoms with Crippen molar-refractivity contribution in [3.05, 3.63) is 42.2 Å². The van der Waals surface area contributed by atoms with Crippen molar-refractivity contribution in [2.24, 2.45) is 11.7 Å². The quantitative estimate of drug-likeness (QED) is 0.850. The third-order valence-corrected chi connectivity index (χ3v) is 4.61. The average molecular weight is 328 g/mol. The van der Waals surface area contributed by atoms with Crippen molar-refractivity contribution in [1.82, 2.24) is 15.1 Å². The molecule has 1 aromatic heterocycles. The normalized spacial score (nSPS) is 20.1. The first kappa shape index (κ1) is 16.5. The van der Waals surface area contributed by atoms with Crippen molar-refractivity contribution in [3.8, 4) is 11.4 Å². The van der Waals surface area contributed by atoms with Gasteiger partial charge >= 0.3 is 0 Å². The standard InChI is InChI=1S/C18H24N4O2/c1-24-16-7-5-15(6-8-16)22-10-9-14(21-22)12-20-18(23)11-13-3-2-4-17(13)19/h5-10,13,17H,2-4,11-12,19H2,1H3,(H,20,23)/t13-,17+/m0/s1. The summed E-state index contributed by atoms with van der Waals surface area (Å²) in [6.07, 6.45) is 5.62. The zero-order valence-corrected chi connectivity index (χ0v) is 13.9. The molecule has 0 aliphatic heterocycles. The van der Waals surface area contributed by atoms with Crippen LogP contribution in [-0.2, 0) is 11.3 Å². The van der Waals surface area contributed by atoms with Gasteiger partial charge in [-0.3, -0.25) is 4.79 Å². The number of aromatic nitrogens is 2. The van der Waals surface area contributed by atoms with Crippen molar-refractivity contribution in [3.63, 3.8) is 0 Å². The van der Waals surface area contributed by atoms with Crippen molar-refractivity contribution in [2.45, 2.75) is 38.3 Å². The van der Waals surface area contributed by atoms with Crippen LogP contribution in [0.3, 0.4) is 0 Å². The fraction of sp³-hybridized carbons (Fsp3) is 0.444. The first-order chi connectivity index (χ1) is 11.7. The Hall–Kier alpha value is -2.34. The third-order valence-electron chi connectivity index (χ3n) is 4.61. The van der Waals surface area contributed by atoms with Crippen LogP contribution >= 0.6 is 0 Å². The Morgan fingerprint density at radius 1 is 1.33 bits per heavy atom. The molecule has 6 nitrogen and oxygen atoms in total. The van der Waals surface area contributed by atoms with Gasteiger partial charge in [-0.05, 0) is 49.1 Å². The summed E-state index contributed by atoms with van der Waals surface area (Å²) in [5.41, 5.74) is 7.80. The Morgan fingerprint density at radius 3 is 2.79 bits per heavy atom. The Morgan fingerprint density at radius 2 is 2.12 bits per heavy atom. The van der Waals surface area contributed by atoms with E-state index in [-0.39, 0.29) is 11.9 Å². The van der Waals surface area contributed by atoms with E-state index in [1.54, 1.807) is 11.8 Å². The van der Waals surface area contributed by atoms with Gasteiger partial charge in [0.05, 0.1) is 25.0 Å². The van der Waals surface area contributed by atoms with Gasteiger partial charge in [0.2, 0.25) is 5.91 Å². The van der Waals surface area contributed by atoms with Crippen LogP contribution in [0.5, 0.6) is 5.75 Å². The number of nitrogens with zero attached hydrogens (tertiary/aromatic N) is 2. The Balaban J connectivity index is 1.53. The Kier molecular flexibility index (Phi) is 5.15. The number of rotatable bonds is 6. The fourth-order valence-electron chi connectivity index (χ4n) is 3.15. The number of methoxy groups -OCH3 is 1. The second-order valence-corrected chi connectivity index (χ2v) is 6.29. The zero-order valence-electron chi connectivity index (χ0n) is 13.9. The second-order valence-electron chi connectivity index (χ2n) is 6.29. The summed E-state index contributed by atoms with van der Waals surface area (Å²) in [6, 6.07) is 9.74. The van der Waals surface area contributed by atoms with E-state index in [1.165, 1.54) is 0 Å². The predicted octanol–water partition coefficient (Wildman–Crippen LogP) is 2.01. The number of hydrogen-bond acceptors (Lipinski definition) is 4. The van der Waals surface area contributed by atoms with Crippen LogP contribution in [0.1, 0.15) is 31.4 Å². The van der Waals surface area contributed by atoms with Crippen molar-refractivity contribution >= 4 is 5.91 Å². The molecule has 2 aromatic rings. The van der Waals surface area contributed by atoms with E-state index < -0.39 is 0 Å². The molecule has 1 heterocycles. The number of benzene rings is 1. The van der Waals surface area contributed by atoms with E-state index in [0.29, 0.717) is 18.9 Å². The molecule has 3 rings (SSSR count). The number of carbonyl (C=O) groups is 1. The molecule has 1 amide bonds. The number of amides is 1. The average Bonchev–Trinajstić information content (AvgIpc) is 3.23. The fourth-order valence-corrected chi connectivity index (χ4v) is 3.15. The highest BCUT2D eigenvalue weighted by atomic mass is 16.5. The number of carbonyl (C=O) groups excluding carboxylic acids is 1. The summed E-state index contributed by atoms with van der Waals surface area (Å²) in [7, 11) is 1.64. The molecule has 3 N–H and O–H groups in total. The molecule has 6 heteroatoms. The molecule has 2 atom stereocenters. The van der Waals surface area contributed by atoms with Crippen molar-refractivity contribution in [1.29, 1.82) is 0 Å². The van der Waals surface area contributed by atoms with Gasteiger partial charge in [0.1, 0.15) is 5.75 Å². The smallest absolute Gasteiger partial charge is 0.220 e. The molecule has 0 saturated heterocycles. The molecule has 1 fully saturated rings. The topological polar surface area (TPSA) is 82.2 Å². The molecular formula is C18H24N4O2. The molecule has 0 radical (unpaired) electrons. The second kappa shape index (κ2) is 7.49. The number of ether oxygens (including phenoxy) is 1. The van der Waals surface area contributed by atoms with Crippen LogP contribution in [0, 0.1) is 5.92 Å². The number of hydrogen-bond donors (Lipinski definition) is 2. The highest BCUT2D eigenvalue weighted by molar-refractivity contribution is 5.76. The van der Waals surface area contributed by atoms with E-state index in [2.05, 4.69) is 10.4 Å². The lowest BCUT2D eigenvalue weighted by Gasteiger charge is -2.14. The lowest BCUT2D eigenvalue weighted by Crippen LogP contribution is -2.31. The lowest BCUT2D eigenvalue weighted by molar-refractivity contribution is -0.122. The molecule has 0 unspecified atom stereocenters. The molecule has 1 aromatic carbocycles. The summed E-state index contributed by atoms with van der Waals surface area (Å²) in [5, 5.41) is 7.43. The van der Waals surface area contributed by atoms with Gasteiger partial charge in [0, 0.05) is 18.7 Å². The summed E-state index contributed by atoms with van der Waals surface area (Å²) in [4.78, 5) is 12.1. The highest BCUT2D eigenvalue weighted by Gasteiger charge is 2.25. The maximum atomic E-state index is 12.1. The predicted molar refractivity (Wildman–Crippen MR) is 91.9 cm³/mol. The van der Waals surface area contributed by atoms with E-state index >= 15 is 0 Å². The molecular weight excluding hydrogens is 304 g/mol. The number of nitrogens with two attached hydrogens (primary N) is 1. The molecule has 1 aliphatic carbocycles. The zero-order chi connectivity index (χ0) is 16.9. The monoisotopic (exact) mass is 328 g/mol. The molecule has 0 bridgehead atoms. The molecule has 1 aliphatic rings. The van der Waals surface area contributed by atoms with Gasteiger partial charge in [-0.15, -0.1) is 0 Å². The number of nitrogens with one attached hydrogen (secondary N) is 1. The van der Waals surface area contributed by atoms with E-state index in [0.717, 1.165) is 36.4 Å². The van der Waals surface area contributed by atoms with Crippen LogP contribution < -0.4 is 15.8 Å². The van der Waals surface area contributed by atoms with Crippen LogP contribution in [0.4, 0.5) is 0 Å². The summed E-state index contributed by atoms with van der Waals surface area (Å²) < 4.78 is 6.94. The van der Waals surface area contributed by atoms with Crippen LogP contribution in [0.25, 0.3) is 5.69 Å². The summed E-state index contributed by atoms with van der Waals surface area (Å²) in [6.45, 7) is 0.434. The maximum absolute atomic E-state index is 12.1. The van der Waals surface area contributed by atoms with Crippen LogP contribution in [0.2, 0.25) is 0 Å². The molecule has 128 valence electrons. The molecule has 24 heavy (non-hydrogen) atoms. The molecule has 0 spiro atoms. The van der Waals surface area contributed by atoms with Crippen LogP contribution in [-0.4, -0.2) is 28.8 Å². The van der Waals surface area contributed by atoms with E-state index in [1.807, 2.05) is 36.5 Å². The van der Waals surface area contributed by atoms with Gasteiger partial charge in [0.25, 0.3) is 0 Å². The minimum Gasteiger partial charge on any atom is -0.497 e. The van der Waals surface area contributed by atoms with Crippen LogP contribution in [0.15, 0.2) is 36.5 Å². The maximum Gasteiger partial charge on any atom is 0.220 e. The lowest BCUT2D eigenvalue weighted by atomic mass is 10.00. The summed E-state index contributed by atoms with van der Waals surface area (Å²) >= 11 is 0. The Labute approximate surface area is 142 Å². The summed E-state index contributed by atoms with van der Waals surface area (Å²) in [5.74, 6) is 1.18. The molecule has 1 saturated carbocycles. The minimum atomic E-state index is 0.0522. The first-order valence-electron chi connectivity index (χ1n) is 8.37. The van der Waals surface area contributed by atoms with Crippen molar-refractivity contribution < 1.29 is 9.53 Å². The van der Waals surface area contributed by atoms with Gasteiger partial charge in [0.15, 0.2) is 0 Å². The van der Waals surface area contributed by atoms with Gasteiger partial charge < -0.3 is 15.8 Å². The van der Waals surface area contributed by atoms with E-state index in [4.69, 9.17) is 10.5 Å². The SMILES string of the molecule is COc1ccc(-n2ccc(CNC(=O)C[C@@H]3CCC[C@H]3N)n2)cc1. The van der Waals surface area contributed by atoms with E-state index in [9.17, 15) is 4.79 Å². The van der Waals surface area contributed by atoms with Gasteiger partial charge in [-0.2, -0.15) is 5.10 Å². The van der Waals surface area contributed by atoms with Gasteiger partial charge in [-0.1, -0.05) is 6.42 Å². The minimum absolute atomic E-state index is 0.0522. The highest BCUT2D eigenvalue weighted by Crippen LogP contribution is 2.26. The Bertz CT molecular complexity index is 681. The third kappa shape index (κ3) is 3.94. The van der Waals surface area contributed by atoms with Crippen molar-refractivity contribution in [2.75, 3.05) is 7.11 Å². The largest absolute Gasteiger partial charge is 0.497 e. The van der Waals surface area contributed by atoms with Gasteiger partial charge in [-0.25, -0.2) is 4.68 Å². The first-order valence-corrected chi connectivity index (χ1v) is 8.37.